The van der Waals surface area contributed by atoms with Crippen LogP contribution in [0.2, 0.25) is 0 Å². The molecule has 0 aliphatic heterocycles. The van der Waals surface area contributed by atoms with Gasteiger partial charge in [0.2, 0.25) is 11.2 Å². The molecule has 2 unspecified atom stereocenters. The molecule has 0 saturated carbocycles. The highest BCUT2D eigenvalue weighted by Gasteiger charge is 2.31. The summed E-state index contributed by atoms with van der Waals surface area (Å²) in [4.78, 5) is 41.4. The second kappa shape index (κ2) is 15.3. The quantitative estimate of drug-likeness (QED) is 0.0838. The number of hydroxylamine groups is 1. The molecule has 204 valence electrons. The summed E-state index contributed by atoms with van der Waals surface area (Å²) >= 11 is -1.71. The zero-order valence-electron chi connectivity index (χ0n) is 21.4. The number of hydrogen-bond donors (Lipinski definition) is 4. The fourth-order valence-corrected chi connectivity index (χ4v) is 4.98. The Morgan fingerprint density at radius 3 is 2.56 bits per heavy atom. The maximum Gasteiger partial charge on any atom is 0.296 e. The Labute approximate surface area is 229 Å². The SMILES string of the molecule is CC#CCOc1ccc([S+]([O-])C(CCCCNC(=O)CNC(=O)c2ccc3ccccc3n2)C(=O)NO)cc1. The van der Waals surface area contributed by atoms with Crippen LogP contribution in [-0.4, -0.2) is 57.4 Å². The minimum atomic E-state index is -1.71. The number of unbranched alkanes of at least 4 members (excludes halogenated alkanes) is 1. The second-order valence-electron chi connectivity index (χ2n) is 8.37. The summed E-state index contributed by atoms with van der Waals surface area (Å²) in [6.45, 7) is 2.04. The van der Waals surface area contributed by atoms with Gasteiger partial charge in [0.05, 0.1) is 12.1 Å². The number of benzene rings is 2. The zero-order valence-corrected chi connectivity index (χ0v) is 22.3. The number of carbonyl (C=O) groups excluding carboxylic acids is 3. The predicted octanol–water partition coefficient (Wildman–Crippen LogP) is 2.33. The molecular formula is C28H30N4O6S. The van der Waals surface area contributed by atoms with Gasteiger partial charge in [-0.1, -0.05) is 30.2 Å². The van der Waals surface area contributed by atoms with Gasteiger partial charge in [-0.25, -0.2) is 10.5 Å². The van der Waals surface area contributed by atoms with Crippen LogP contribution in [0.1, 0.15) is 36.7 Å². The Balaban J connectivity index is 1.40. The van der Waals surface area contributed by atoms with Crippen molar-refractivity contribution in [3.05, 3.63) is 66.4 Å². The number of para-hydroxylation sites is 1. The van der Waals surface area contributed by atoms with E-state index in [9.17, 15) is 18.9 Å². The molecule has 0 aliphatic rings. The molecule has 39 heavy (non-hydrogen) atoms. The Kier molecular flexibility index (Phi) is 11.6. The Bertz CT molecular complexity index is 1340. The van der Waals surface area contributed by atoms with E-state index in [4.69, 9.17) is 9.94 Å². The predicted molar refractivity (Wildman–Crippen MR) is 146 cm³/mol. The lowest BCUT2D eigenvalue weighted by molar-refractivity contribution is -0.129. The Hall–Kier alpha value is -4.11. The molecule has 3 aromatic rings. The van der Waals surface area contributed by atoms with Crippen molar-refractivity contribution in [2.24, 2.45) is 0 Å². The fourth-order valence-electron chi connectivity index (χ4n) is 3.62. The number of nitrogens with zero attached hydrogens (tertiary/aromatic N) is 1. The van der Waals surface area contributed by atoms with Gasteiger partial charge >= 0.3 is 0 Å². The van der Waals surface area contributed by atoms with Crippen molar-refractivity contribution >= 4 is 39.8 Å². The maximum atomic E-state index is 13.0. The number of rotatable bonds is 13. The Morgan fingerprint density at radius 2 is 1.82 bits per heavy atom. The highest BCUT2D eigenvalue weighted by Crippen LogP contribution is 2.23. The highest BCUT2D eigenvalue weighted by molar-refractivity contribution is 7.92. The minimum absolute atomic E-state index is 0.211. The average Bonchev–Trinajstić information content (AvgIpc) is 2.97. The van der Waals surface area contributed by atoms with E-state index in [2.05, 4.69) is 27.5 Å². The first kappa shape index (κ1) is 29.4. The van der Waals surface area contributed by atoms with E-state index in [1.807, 2.05) is 18.2 Å². The molecule has 4 N–H and O–H groups in total. The summed E-state index contributed by atoms with van der Waals surface area (Å²) in [5, 5.41) is 14.3. The summed E-state index contributed by atoms with van der Waals surface area (Å²) in [5.74, 6) is 4.49. The normalized spacial score (nSPS) is 12.0. The highest BCUT2D eigenvalue weighted by atomic mass is 32.2. The van der Waals surface area contributed by atoms with E-state index in [0.717, 1.165) is 5.39 Å². The van der Waals surface area contributed by atoms with Gasteiger partial charge in [-0.15, -0.1) is 5.92 Å². The van der Waals surface area contributed by atoms with Crippen molar-refractivity contribution in [2.75, 3.05) is 19.7 Å². The standard InChI is InChI=1S/C28H30N4O6S/c1-2-3-18-38-21-12-14-22(15-13-21)39(37)25(28(35)32-36)10-6-7-17-29-26(33)19-30-27(34)24-16-11-20-8-4-5-9-23(20)31-24/h4-5,8-9,11-16,25,36H,6-7,10,17-19H2,1H3,(H,29,33)(H,30,34)(H,32,35). The van der Waals surface area contributed by atoms with Crippen LogP contribution < -0.4 is 20.9 Å². The molecule has 0 saturated heterocycles. The molecule has 3 rings (SSSR count). The maximum absolute atomic E-state index is 13.0. The lowest BCUT2D eigenvalue weighted by Gasteiger charge is -2.20. The number of fused-ring (bicyclic) bond motifs is 1. The van der Waals surface area contributed by atoms with Crippen molar-refractivity contribution in [3.63, 3.8) is 0 Å². The molecule has 0 spiro atoms. The van der Waals surface area contributed by atoms with Crippen LogP contribution in [0.5, 0.6) is 5.75 Å². The van der Waals surface area contributed by atoms with Crippen molar-refractivity contribution in [2.45, 2.75) is 36.3 Å². The van der Waals surface area contributed by atoms with Crippen LogP contribution in [0.15, 0.2) is 65.6 Å². The van der Waals surface area contributed by atoms with Gasteiger partial charge in [0.15, 0.2) is 4.90 Å². The third-order valence-corrected chi connectivity index (χ3v) is 7.36. The molecule has 2 atom stereocenters. The molecule has 10 nitrogen and oxygen atoms in total. The van der Waals surface area contributed by atoms with Gasteiger partial charge in [-0.3, -0.25) is 19.6 Å². The van der Waals surface area contributed by atoms with Gasteiger partial charge in [0.1, 0.15) is 18.1 Å². The summed E-state index contributed by atoms with van der Waals surface area (Å²) in [6, 6.07) is 17.3. The van der Waals surface area contributed by atoms with E-state index in [1.54, 1.807) is 54.9 Å². The van der Waals surface area contributed by atoms with E-state index < -0.39 is 28.2 Å². The van der Waals surface area contributed by atoms with Gasteiger partial charge < -0.3 is 19.9 Å². The molecule has 11 heteroatoms. The number of carbonyl (C=O) groups is 3. The molecule has 2 aromatic carbocycles. The molecule has 3 amide bonds. The topological polar surface area (TPSA) is 153 Å². The van der Waals surface area contributed by atoms with E-state index in [-0.39, 0.29) is 31.2 Å². The number of nitrogens with one attached hydrogen (secondary N) is 3. The van der Waals surface area contributed by atoms with Crippen molar-refractivity contribution in [1.29, 1.82) is 0 Å². The van der Waals surface area contributed by atoms with Gasteiger partial charge in [-0.05, 0) is 67.3 Å². The molecule has 0 fully saturated rings. The zero-order chi connectivity index (χ0) is 28.0. The first-order valence-corrected chi connectivity index (χ1v) is 13.5. The minimum Gasteiger partial charge on any atom is -0.611 e. The largest absolute Gasteiger partial charge is 0.611 e. The number of hydrogen-bond acceptors (Lipinski definition) is 7. The lowest BCUT2D eigenvalue weighted by Crippen LogP contribution is -2.39. The fraction of sp³-hybridized carbons (Fsp3) is 0.286. The van der Waals surface area contributed by atoms with E-state index >= 15 is 0 Å². The van der Waals surface area contributed by atoms with Crippen LogP contribution in [0, 0.1) is 11.8 Å². The van der Waals surface area contributed by atoms with Gasteiger partial charge in [-0.2, -0.15) is 0 Å². The van der Waals surface area contributed by atoms with Gasteiger partial charge in [0, 0.05) is 18.4 Å². The van der Waals surface area contributed by atoms with E-state index in [0.29, 0.717) is 35.5 Å². The molecule has 0 aliphatic carbocycles. The molecule has 0 radical (unpaired) electrons. The first-order valence-electron chi connectivity index (χ1n) is 12.3. The van der Waals surface area contributed by atoms with Crippen molar-refractivity contribution in [3.8, 4) is 17.6 Å². The van der Waals surface area contributed by atoms with Crippen molar-refractivity contribution < 1.29 is 28.9 Å². The van der Waals surface area contributed by atoms with Crippen LogP contribution in [0.3, 0.4) is 0 Å². The number of ether oxygens (including phenoxy) is 1. The first-order chi connectivity index (χ1) is 18.9. The van der Waals surface area contributed by atoms with E-state index in [1.165, 1.54) is 0 Å². The summed E-state index contributed by atoms with van der Waals surface area (Å²) < 4.78 is 18.4. The molecule has 0 bridgehead atoms. The summed E-state index contributed by atoms with van der Waals surface area (Å²) in [6.07, 6.45) is 1.20. The van der Waals surface area contributed by atoms with Crippen LogP contribution in [0.25, 0.3) is 10.9 Å². The number of amides is 3. The van der Waals surface area contributed by atoms with Crippen molar-refractivity contribution in [1.82, 2.24) is 21.1 Å². The van der Waals surface area contributed by atoms with Gasteiger partial charge in [0.25, 0.3) is 11.8 Å². The van der Waals surface area contributed by atoms with Crippen LogP contribution in [-0.2, 0) is 20.8 Å². The average molecular weight is 551 g/mol. The number of aromatic nitrogens is 1. The van der Waals surface area contributed by atoms with Crippen LogP contribution >= 0.6 is 0 Å². The molecule has 1 heterocycles. The molecule has 1 aromatic heterocycles. The smallest absolute Gasteiger partial charge is 0.296 e. The van der Waals surface area contributed by atoms with Crippen LogP contribution in [0.4, 0.5) is 0 Å². The second-order valence-corrected chi connectivity index (χ2v) is 10.0. The monoisotopic (exact) mass is 550 g/mol. The molecular weight excluding hydrogens is 520 g/mol. The summed E-state index contributed by atoms with van der Waals surface area (Å²) in [5.41, 5.74) is 2.49. The summed E-state index contributed by atoms with van der Waals surface area (Å²) in [7, 11) is 0. The third kappa shape index (κ3) is 9.00. The lowest BCUT2D eigenvalue weighted by atomic mass is 10.2. The number of pyridine rings is 1. The third-order valence-electron chi connectivity index (χ3n) is 5.66. The Morgan fingerprint density at radius 1 is 1.05 bits per heavy atom.